The quantitative estimate of drug-likeness (QED) is 0.858. The summed E-state index contributed by atoms with van der Waals surface area (Å²) >= 11 is 5.70. The molecule has 5 nitrogen and oxygen atoms in total. The van der Waals surface area contributed by atoms with E-state index in [4.69, 9.17) is 16.7 Å². The first-order valence-corrected chi connectivity index (χ1v) is 7.84. The molecule has 0 bridgehead atoms. The number of likely N-dealkylation sites (tertiary alicyclic amines) is 1. The van der Waals surface area contributed by atoms with Crippen molar-refractivity contribution in [2.45, 2.75) is 31.8 Å². The molecule has 7 heteroatoms. The number of carbonyl (C=O) groups excluding carboxylic acids is 2. The molecule has 1 aliphatic heterocycles. The van der Waals surface area contributed by atoms with Crippen LogP contribution in [0.25, 0.3) is 0 Å². The van der Waals surface area contributed by atoms with Gasteiger partial charge in [-0.05, 0) is 31.0 Å². The zero-order valence-electron chi connectivity index (χ0n) is 13.1. The number of aliphatic hydroxyl groups is 1. The monoisotopic (exact) mass is 342 g/mol. The van der Waals surface area contributed by atoms with Gasteiger partial charge in [0, 0.05) is 26.1 Å². The number of aliphatic hydroxyl groups excluding tert-OH is 1. The van der Waals surface area contributed by atoms with Crippen molar-refractivity contribution >= 4 is 23.4 Å². The second-order valence-corrected chi connectivity index (χ2v) is 6.26. The molecule has 2 N–H and O–H groups in total. The number of hydrogen-bond donors (Lipinski definition) is 2. The Morgan fingerprint density at radius 3 is 2.87 bits per heavy atom. The Morgan fingerprint density at radius 2 is 2.26 bits per heavy atom. The SMILES string of the molecule is CC(CCO)NC(=O)C1CC(=O)N(C)C1c1ccc(Cl)c(F)c1. The summed E-state index contributed by atoms with van der Waals surface area (Å²) < 4.78 is 13.7. The van der Waals surface area contributed by atoms with Crippen molar-refractivity contribution in [3.05, 3.63) is 34.6 Å². The van der Waals surface area contributed by atoms with Gasteiger partial charge in [-0.15, -0.1) is 0 Å². The minimum atomic E-state index is -0.603. The highest BCUT2D eigenvalue weighted by Crippen LogP contribution is 2.38. The van der Waals surface area contributed by atoms with Crippen LogP contribution in [-0.4, -0.2) is 41.5 Å². The van der Waals surface area contributed by atoms with Crippen LogP contribution < -0.4 is 5.32 Å². The zero-order chi connectivity index (χ0) is 17.1. The Morgan fingerprint density at radius 1 is 1.57 bits per heavy atom. The Balaban J connectivity index is 2.25. The predicted octanol–water partition coefficient (Wildman–Crippen LogP) is 1.89. The van der Waals surface area contributed by atoms with Gasteiger partial charge in [-0.3, -0.25) is 9.59 Å². The number of carbonyl (C=O) groups is 2. The highest BCUT2D eigenvalue weighted by molar-refractivity contribution is 6.30. The minimum Gasteiger partial charge on any atom is -0.396 e. The number of halogens is 2. The minimum absolute atomic E-state index is 0.00158. The molecule has 1 aromatic carbocycles. The van der Waals surface area contributed by atoms with Crippen molar-refractivity contribution in [2.24, 2.45) is 5.92 Å². The van der Waals surface area contributed by atoms with Crippen LogP contribution in [0.5, 0.6) is 0 Å². The second-order valence-electron chi connectivity index (χ2n) is 5.86. The number of amides is 2. The van der Waals surface area contributed by atoms with Crippen molar-refractivity contribution < 1.29 is 19.1 Å². The maximum absolute atomic E-state index is 13.7. The smallest absolute Gasteiger partial charge is 0.226 e. The molecular formula is C16H20ClFN2O3. The van der Waals surface area contributed by atoms with Crippen LogP contribution in [0, 0.1) is 11.7 Å². The van der Waals surface area contributed by atoms with Gasteiger partial charge >= 0.3 is 0 Å². The van der Waals surface area contributed by atoms with Gasteiger partial charge in [0.25, 0.3) is 0 Å². The number of nitrogens with one attached hydrogen (secondary N) is 1. The summed E-state index contributed by atoms with van der Waals surface area (Å²) in [6.07, 6.45) is 0.506. The highest BCUT2D eigenvalue weighted by atomic mass is 35.5. The van der Waals surface area contributed by atoms with Crippen LogP contribution in [0.1, 0.15) is 31.4 Å². The van der Waals surface area contributed by atoms with E-state index in [0.717, 1.165) is 0 Å². The molecule has 1 aromatic rings. The summed E-state index contributed by atoms with van der Waals surface area (Å²) in [5.41, 5.74) is 0.537. The van der Waals surface area contributed by atoms with Gasteiger partial charge in [0.2, 0.25) is 11.8 Å². The zero-order valence-corrected chi connectivity index (χ0v) is 13.8. The van der Waals surface area contributed by atoms with Crippen LogP contribution >= 0.6 is 11.6 Å². The van der Waals surface area contributed by atoms with Gasteiger partial charge in [0.1, 0.15) is 5.82 Å². The molecule has 1 heterocycles. The Labute approximate surface area is 139 Å². The molecule has 2 amide bonds. The average molecular weight is 343 g/mol. The first-order valence-electron chi connectivity index (χ1n) is 7.47. The maximum atomic E-state index is 13.7. The number of hydrogen-bond acceptors (Lipinski definition) is 3. The third kappa shape index (κ3) is 3.82. The van der Waals surface area contributed by atoms with E-state index < -0.39 is 17.8 Å². The molecular weight excluding hydrogens is 323 g/mol. The molecule has 23 heavy (non-hydrogen) atoms. The summed E-state index contributed by atoms with van der Waals surface area (Å²) in [7, 11) is 1.60. The lowest BCUT2D eigenvalue weighted by Crippen LogP contribution is -2.39. The largest absolute Gasteiger partial charge is 0.396 e. The molecule has 126 valence electrons. The maximum Gasteiger partial charge on any atom is 0.226 e. The summed E-state index contributed by atoms with van der Waals surface area (Å²) in [5.74, 6) is -1.62. The van der Waals surface area contributed by atoms with Gasteiger partial charge in [-0.2, -0.15) is 0 Å². The van der Waals surface area contributed by atoms with E-state index in [1.807, 2.05) is 0 Å². The van der Waals surface area contributed by atoms with Gasteiger partial charge < -0.3 is 15.3 Å². The summed E-state index contributed by atoms with van der Waals surface area (Å²) in [4.78, 5) is 25.9. The fourth-order valence-electron chi connectivity index (χ4n) is 2.87. The van der Waals surface area contributed by atoms with E-state index in [1.165, 1.54) is 17.0 Å². The van der Waals surface area contributed by atoms with Crippen molar-refractivity contribution in [1.82, 2.24) is 10.2 Å². The lowest BCUT2D eigenvalue weighted by Gasteiger charge is -2.26. The van der Waals surface area contributed by atoms with Crippen molar-refractivity contribution in [1.29, 1.82) is 0 Å². The third-order valence-corrected chi connectivity index (χ3v) is 4.47. The van der Waals surface area contributed by atoms with E-state index in [1.54, 1.807) is 20.0 Å². The number of rotatable bonds is 5. The van der Waals surface area contributed by atoms with Gasteiger partial charge in [0.15, 0.2) is 0 Å². The van der Waals surface area contributed by atoms with Crippen molar-refractivity contribution in [3.8, 4) is 0 Å². The van der Waals surface area contributed by atoms with Crippen molar-refractivity contribution in [2.75, 3.05) is 13.7 Å². The van der Waals surface area contributed by atoms with Crippen LogP contribution in [0.3, 0.4) is 0 Å². The van der Waals surface area contributed by atoms with Crippen LogP contribution in [-0.2, 0) is 9.59 Å². The number of nitrogens with zero attached hydrogens (tertiary/aromatic N) is 1. The van der Waals surface area contributed by atoms with E-state index in [-0.39, 0.29) is 35.9 Å². The van der Waals surface area contributed by atoms with E-state index >= 15 is 0 Å². The first-order chi connectivity index (χ1) is 10.8. The molecule has 1 saturated heterocycles. The van der Waals surface area contributed by atoms with Crippen LogP contribution in [0.2, 0.25) is 5.02 Å². The fourth-order valence-corrected chi connectivity index (χ4v) is 2.99. The standard InChI is InChI=1S/C16H20ClFN2O3/c1-9(5-6-21)19-16(23)11-8-14(22)20(2)15(11)10-3-4-12(17)13(18)7-10/h3-4,7,9,11,15,21H,5-6,8H2,1-2H3,(H,19,23). The molecule has 0 spiro atoms. The molecule has 0 radical (unpaired) electrons. The second kappa shape index (κ2) is 7.27. The van der Waals surface area contributed by atoms with E-state index in [9.17, 15) is 14.0 Å². The molecule has 1 aliphatic rings. The Hall–Kier alpha value is -1.66. The fraction of sp³-hybridized carbons (Fsp3) is 0.500. The molecule has 1 fully saturated rings. The number of benzene rings is 1. The topological polar surface area (TPSA) is 69.6 Å². The Bertz CT molecular complexity index is 611. The molecule has 3 unspecified atom stereocenters. The van der Waals surface area contributed by atoms with E-state index in [0.29, 0.717) is 12.0 Å². The highest BCUT2D eigenvalue weighted by Gasteiger charge is 2.43. The van der Waals surface area contributed by atoms with E-state index in [2.05, 4.69) is 5.32 Å². The molecule has 0 saturated carbocycles. The lowest BCUT2D eigenvalue weighted by molar-refractivity contribution is -0.128. The van der Waals surface area contributed by atoms with Gasteiger partial charge in [-0.25, -0.2) is 4.39 Å². The van der Waals surface area contributed by atoms with Crippen molar-refractivity contribution in [3.63, 3.8) is 0 Å². The summed E-state index contributed by atoms with van der Waals surface area (Å²) in [6, 6.07) is 3.58. The molecule has 2 rings (SSSR count). The first kappa shape index (κ1) is 17.7. The lowest BCUT2D eigenvalue weighted by atomic mass is 9.92. The molecule has 0 aromatic heterocycles. The molecule has 3 atom stereocenters. The Kier molecular flexibility index (Phi) is 5.59. The normalized spacial score (nSPS) is 22.3. The molecule has 0 aliphatic carbocycles. The van der Waals surface area contributed by atoms with Gasteiger partial charge in [-0.1, -0.05) is 17.7 Å². The average Bonchev–Trinajstić information content (AvgIpc) is 2.78. The third-order valence-electron chi connectivity index (χ3n) is 4.16. The summed E-state index contributed by atoms with van der Waals surface area (Å²) in [5, 5.41) is 11.7. The van der Waals surface area contributed by atoms with Gasteiger partial charge in [0.05, 0.1) is 17.0 Å². The van der Waals surface area contributed by atoms with Crippen LogP contribution in [0.15, 0.2) is 18.2 Å². The summed E-state index contributed by atoms with van der Waals surface area (Å²) in [6.45, 7) is 1.75. The van der Waals surface area contributed by atoms with Crippen LogP contribution in [0.4, 0.5) is 4.39 Å². The predicted molar refractivity (Wildman–Crippen MR) is 84.3 cm³/mol.